The van der Waals surface area contributed by atoms with Crippen molar-refractivity contribution in [3.63, 3.8) is 0 Å². The van der Waals surface area contributed by atoms with E-state index in [4.69, 9.17) is 0 Å². The summed E-state index contributed by atoms with van der Waals surface area (Å²) in [6.07, 6.45) is 6.58. The summed E-state index contributed by atoms with van der Waals surface area (Å²) in [6, 6.07) is 0.325. The summed E-state index contributed by atoms with van der Waals surface area (Å²) in [6.45, 7) is 5.87. The summed E-state index contributed by atoms with van der Waals surface area (Å²) in [7, 11) is 0. The van der Waals surface area contributed by atoms with Crippen LogP contribution in [0, 0.1) is 5.92 Å². The summed E-state index contributed by atoms with van der Waals surface area (Å²) in [5.41, 5.74) is 2.18. The van der Waals surface area contributed by atoms with E-state index < -0.39 is 0 Å². The van der Waals surface area contributed by atoms with Gasteiger partial charge in [0, 0.05) is 24.7 Å². The van der Waals surface area contributed by atoms with Crippen LogP contribution in [-0.2, 0) is 4.79 Å². The fourth-order valence-corrected chi connectivity index (χ4v) is 2.74. The average Bonchev–Trinajstić information content (AvgIpc) is 2.27. The molecule has 1 atom stereocenters. The maximum Gasteiger partial charge on any atom is 0.247 e. The molecule has 1 heterocycles. The molecule has 2 rings (SSSR count). The standard InChI is InChI=1S/C14H24N2O/c1-10(13-8-15-9-13)14(17)16-11(2)12-6-4-3-5-7-12/h11-12,15H,3-9H2,1-2H3,(H,16,17)/t11-/m0/s1. The fraction of sp³-hybridized carbons (Fsp3) is 0.786. The highest BCUT2D eigenvalue weighted by Gasteiger charge is 2.23. The lowest BCUT2D eigenvalue weighted by atomic mass is 9.84. The summed E-state index contributed by atoms with van der Waals surface area (Å²) >= 11 is 0. The van der Waals surface area contributed by atoms with Crippen LogP contribution < -0.4 is 10.6 Å². The number of hydrogen-bond donors (Lipinski definition) is 2. The van der Waals surface area contributed by atoms with Crippen molar-refractivity contribution in [3.05, 3.63) is 11.1 Å². The minimum Gasteiger partial charge on any atom is -0.350 e. The van der Waals surface area contributed by atoms with E-state index >= 15 is 0 Å². The lowest BCUT2D eigenvalue weighted by Crippen LogP contribution is -2.42. The number of hydrogen-bond acceptors (Lipinski definition) is 2. The molecule has 0 unspecified atom stereocenters. The molecule has 2 aliphatic rings. The van der Waals surface area contributed by atoms with Crippen LogP contribution in [0.3, 0.4) is 0 Å². The Morgan fingerprint density at radius 1 is 1.29 bits per heavy atom. The van der Waals surface area contributed by atoms with Crippen LogP contribution in [0.1, 0.15) is 46.0 Å². The van der Waals surface area contributed by atoms with Gasteiger partial charge >= 0.3 is 0 Å². The third kappa shape index (κ3) is 3.09. The number of carbonyl (C=O) groups is 1. The Bertz CT molecular complexity index is 310. The Balaban J connectivity index is 1.85. The van der Waals surface area contributed by atoms with E-state index in [1.807, 2.05) is 6.92 Å². The van der Waals surface area contributed by atoms with Crippen LogP contribution in [0.15, 0.2) is 11.1 Å². The maximum atomic E-state index is 12.0. The Kier molecular flexibility index (Phi) is 4.21. The highest BCUT2D eigenvalue weighted by atomic mass is 16.1. The lowest BCUT2D eigenvalue weighted by molar-refractivity contribution is -0.118. The SMILES string of the molecule is CC(C(=O)N[C@@H](C)C1CCCCC1)=C1CNC1. The van der Waals surface area contributed by atoms with Crippen LogP contribution in [0.2, 0.25) is 0 Å². The Morgan fingerprint density at radius 3 is 2.47 bits per heavy atom. The second-order valence-electron chi connectivity index (χ2n) is 5.49. The van der Waals surface area contributed by atoms with Gasteiger partial charge in [0.25, 0.3) is 0 Å². The molecule has 0 bridgehead atoms. The van der Waals surface area contributed by atoms with Crippen LogP contribution in [-0.4, -0.2) is 25.0 Å². The number of amides is 1. The molecule has 1 aliphatic heterocycles. The van der Waals surface area contributed by atoms with Gasteiger partial charge in [-0.3, -0.25) is 4.79 Å². The summed E-state index contributed by atoms with van der Waals surface area (Å²) in [4.78, 5) is 12.0. The van der Waals surface area contributed by atoms with E-state index in [1.165, 1.54) is 37.7 Å². The Labute approximate surface area is 104 Å². The molecule has 0 spiro atoms. The molecule has 17 heavy (non-hydrogen) atoms. The Morgan fingerprint density at radius 2 is 1.94 bits per heavy atom. The highest BCUT2D eigenvalue weighted by Crippen LogP contribution is 2.26. The van der Waals surface area contributed by atoms with Gasteiger partial charge in [-0.05, 0) is 38.2 Å². The first-order chi connectivity index (χ1) is 8.18. The van der Waals surface area contributed by atoms with E-state index in [9.17, 15) is 4.79 Å². The van der Waals surface area contributed by atoms with Crippen molar-refractivity contribution in [2.45, 2.75) is 52.0 Å². The number of rotatable bonds is 3. The molecule has 0 aromatic carbocycles. The molecule has 1 saturated heterocycles. The first-order valence-electron chi connectivity index (χ1n) is 6.88. The van der Waals surface area contributed by atoms with Crippen molar-refractivity contribution in [2.75, 3.05) is 13.1 Å². The minimum absolute atomic E-state index is 0.138. The van der Waals surface area contributed by atoms with Crippen molar-refractivity contribution in [1.82, 2.24) is 10.6 Å². The molecule has 1 aliphatic carbocycles. The maximum absolute atomic E-state index is 12.0. The van der Waals surface area contributed by atoms with Crippen molar-refractivity contribution in [1.29, 1.82) is 0 Å². The van der Waals surface area contributed by atoms with E-state index in [0.29, 0.717) is 12.0 Å². The Hall–Kier alpha value is -0.830. The molecule has 0 aromatic heterocycles. The third-order valence-electron chi connectivity index (χ3n) is 4.26. The third-order valence-corrected chi connectivity index (χ3v) is 4.26. The van der Waals surface area contributed by atoms with Gasteiger partial charge in [-0.25, -0.2) is 0 Å². The van der Waals surface area contributed by atoms with Crippen LogP contribution in [0.25, 0.3) is 0 Å². The number of nitrogens with one attached hydrogen (secondary N) is 2. The molecule has 3 nitrogen and oxygen atoms in total. The van der Waals surface area contributed by atoms with E-state index in [1.54, 1.807) is 0 Å². The molecule has 3 heteroatoms. The molecular weight excluding hydrogens is 212 g/mol. The van der Waals surface area contributed by atoms with Crippen molar-refractivity contribution < 1.29 is 4.79 Å². The van der Waals surface area contributed by atoms with Gasteiger partial charge in [0.1, 0.15) is 0 Å². The first kappa shape index (κ1) is 12.6. The predicted molar refractivity (Wildman–Crippen MR) is 69.7 cm³/mol. The van der Waals surface area contributed by atoms with Crippen LogP contribution in [0.5, 0.6) is 0 Å². The van der Waals surface area contributed by atoms with Crippen molar-refractivity contribution >= 4 is 5.91 Å². The highest BCUT2D eigenvalue weighted by molar-refractivity contribution is 5.94. The van der Waals surface area contributed by atoms with Gasteiger partial charge in [-0.15, -0.1) is 0 Å². The van der Waals surface area contributed by atoms with Crippen LogP contribution in [0.4, 0.5) is 0 Å². The minimum atomic E-state index is 0.138. The van der Waals surface area contributed by atoms with Gasteiger partial charge in [-0.1, -0.05) is 19.3 Å². The molecule has 1 amide bonds. The van der Waals surface area contributed by atoms with E-state index in [-0.39, 0.29) is 5.91 Å². The van der Waals surface area contributed by atoms with Crippen LogP contribution >= 0.6 is 0 Å². The zero-order valence-electron chi connectivity index (χ0n) is 11.0. The van der Waals surface area contributed by atoms with Gasteiger partial charge in [0.15, 0.2) is 0 Å². The lowest BCUT2D eigenvalue weighted by Gasteiger charge is -2.29. The average molecular weight is 236 g/mol. The quantitative estimate of drug-likeness (QED) is 0.736. The summed E-state index contributed by atoms with van der Waals surface area (Å²) < 4.78 is 0. The van der Waals surface area contributed by atoms with E-state index in [2.05, 4.69) is 17.6 Å². The second-order valence-corrected chi connectivity index (χ2v) is 5.49. The molecular formula is C14H24N2O. The first-order valence-corrected chi connectivity index (χ1v) is 6.88. The molecule has 2 fully saturated rings. The van der Waals surface area contributed by atoms with Gasteiger partial charge in [0.05, 0.1) is 0 Å². The topological polar surface area (TPSA) is 41.1 Å². The zero-order chi connectivity index (χ0) is 12.3. The number of carbonyl (C=O) groups excluding carboxylic acids is 1. The van der Waals surface area contributed by atoms with Gasteiger partial charge < -0.3 is 10.6 Å². The normalized spacial score (nSPS) is 22.8. The van der Waals surface area contributed by atoms with Gasteiger partial charge in [-0.2, -0.15) is 0 Å². The van der Waals surface area contributed by atoms with Crippen molar-refractivity contribution in [2.24, 2.45) is 5.92 Å². The molecule has 1 saturated carbocycles. The largest absolute Gasteiger partial charge is 0.350 e. The smallest absolute Gasteiger partial charge is 0.247 e. The van der Waals surface area contributed by atoms with E-state index in [0.717, 1.165) is 18.7 Å². The zero-order valence-corrected chi connectivity index (χ0v) is 11.0. The molecule has 0 aromatic rings. The molecule has 2 N–H and O–H groups in total. The van der Waals surface area contributed by atoms with Gasteiger partial charge in [0.2, 0.25) is 5.91 Å². The molecule has 96 valence electrons. The summed E-state index contributed by atoms with van der Waals surface area (Å²) in [5.74, 6) is 0.824. The fourth-order valence-electron chi connectivity index (χ4n) is 2.74. The van der Waals surface area contributed by atoms with Crippen molar-refractivity contribution in [3.8, 4) is 0 Å². The summed E-state index contributed by atoms with van der Waals surface area (Å²) in [5, 5.41) is 6.35. The second kappa shape index (κ2) is 5.67. The predicted octanol–water partition coefficient (Wildman–Crippen LogP) is 1.99. The molecule has 0 radical (unpaired) electrons. The monoisotopic (exact) mass is 236 g/mol.